The molecular weight excluding hydrogens is 366 g/mol. The number of aromatic nitrogens is 4. The number of carbonyl (C=O) groups is 1. The van der Waals surface area contributed by atoms with E-state index in [2.05, 4.69) is 15.1 Å². The summed E-state index contributed by atoms with van der Waals surface area (Å²) in [6.07, 6.45) is 3.37. The third-order valence-electron chi connectivity index (χ3n) is 5.14. The zero-order valence-corrected chi connectivity index (χ0v) is 17.0. The lowest BCUT2D eigenvalue weighted by Crippen LogP contribution is -2.44. The summed E-state index contributed by atoms with van der Waals surface area (Å²) in [6, 6.07) is 11.7. The van der Waals surface area contributed by atoms with Crippen LogP contribution in [-0.2, 0) is 0 Å². The van der Waals surface area contributed by atoms with Crippen molar-refractivity contribution in [3.8, 4) is 11.6 Å². The highest BCUT2D eigenvalue weighted by Crippen LogP contribution is 2.21. The van der Waals surface area contributed by atoms with E-state index >= 15 is 0 Å². The lowest BCUT2D eigenvalue weighted by Gasteiger charge is -2.32. The first kappa shape index (κ1) is 19.1. The van der Waals surface area contributed by atoms with Gasteiger partial charge in [0.05, 0.1) is 29.7 Å². The first-order valence-corrected chi connectivity index (χ1v) is 9.89. The number of carbonyl (C=O) groups excluding carboxylic acids is 1. The molecule has 3 aromatic rings. The van der Waals surface area contributed by atoms with Crippen molar-refractivity contribution >= 4 is 5.91 Å². The van der Waals surface area contributed by atoms with E-state index < -0.39 is 0 Å². The Hall–Kier alpha value is -3.22. The highest BCUT2D eigenvalue weighted by atomic mass is 16.5. The minimum Gasteiger partial charge on any atom is -0.472 e. The molecule has 0 N–H and O–H groups in total. The third kappa shape index (κ3) is 4.13. The van der Waals surface area contributed by atoms with Crippen LogP contribution in [0.5, 0.6) is 5.88 Å². The molecule has 0 spiro atoms. The Morgan fingerprint density at radius 1 is 1.14 bits per heavy atom. The van der Waals surface area contributed by atoms with Crippen LogP contribution < -0.4 is 4.74 Å². The van der Waals surface area contributed by atoms with Crippen LogP contribution in [-0.4, -0.2) is 49.7 Å². The fourth-order valence-electron chi connectivity index (χ4n) is 3.75. The van der Waals surface area contributed by atoms with E-state index in [0.717, 1.165) is 36.5 Å². The van der Waals surface area contributed by atoms with Crippen molar-refractivity contribution < 1.29 is 9.53 Å². The van der Waals surface area contributed by atoms with Crippen LogP contribution in [0.2, 0.25) is 0 Å². The predicted octanol–water partition coefficient (Wildman–Crippen LogP) is 3.27. The van der Waals surface area contributed by atoms with Gasteiger partial charge in [0.2, 0.25) is 5.88 Å². The van der Waals surface area contributed by atoms with Crippen molar-refractivity contribution in [2.75, 3.05) is 13.1 Å². The number of para-hydroxylation sites is 1. The summed E-state index contributed by atoms with van der Waals surface area (Å²) in [5.74, 6) is 1.25. The first-order valence-electron chi connectivity index (χ1n) is 9.89. The van der Waals surface area contributed by atoms with Crippen molar-refractivity contribution in [3.05, 3.63) is 65.4 Å². The van der Waals surface area contributed by atoms with E-state index in [1.54, 1.807) is 10.9 Å². The molecule has 29 heavy (non-hydrogen) atoms. The maximum Gasteiger partial charge on any atom is 0.257 e. The maximum absolute atomic E-state index is 13.2. The van der Waals surface area contributed by atoms with E-state index in [1.807, 2.05) is 62.1 Å². The lowest BCUT2D eigenvalue weighted by atomic mass is 10.1. The van der Waals surface area contributed by atoms with Crippen LogP contribution in [0.15, 0.2) is 42.6 Å². The van der Waals surface area contributed by atoms with Gasteiger partial charge in [-0.3, -0.25) is 4.79 Å². The number of benzene rings is 1. The Morgan fingerprint density at radius 2 is 1.93 bits per heavy atom. The molecule has 0 saturated carbocycles. The number of rotatable bonds is 4. The molecule has 1 unspecified atom stereocenters. The minimum atomic E-state index is -0.0779. The van der Waals surface area contributed by atoms with Crippen molar-refractivity contribution in [1.82, 2.24) is 24.6 Å². The SMILES string of the molecule is Cc1cc(OC2CCCN(C(=O)c3cnn(-c4ccccc4)c3C)C2)nc(C)n1. The summed E-state index contributed by atoms with van der Waals surface area (Å²) in [5.41, 5.74) is 3.29. The van der Waals surface area contributed by atoms with Crippen LogP contribution in [0.25, 0.3) is 5.69 Å². The van der Waals surface area contributed by atoms with E-state index in [1.165, 1.54) is 0 Å². The summed E-state index contributed by atoms with van der Waals surface area (Å²) >= 11 is 0. The van der Waals surface area contributed by atoms with Crippen molar-refractivity contribution in [2.24, 2.45) is 0 Å². The van der Waals surface area contributed by atoms with Gasteiger partial charge in [0.15, 0.2) is 0 Å². The number of amides is 1. The average Bonchev–Trinajstić information content (AvgIpc) is 3.09. The van der Waals surface area contributed by atoms with Gasteiger partial charge >= 0.3 is 0 Å². The van der Waals surface area contributed by atoms with Crippen LogP contribution in [0.1, 0.15) is 40.4 Å². The molecule has 1 aromatic carbocycles. The second-order valence-electron chi connectivity index (χ2n) is 7.42. The molecule has 2 aromatic heterocycles. The van der Waals surface area contributed by atoms with Gasteiger partial charge in [0.25, 0.3) is 5.91 Å². The number of hydrogen-bond donors (Lipinski definition) is 0. The summed E-state index contributed by atoms with van der Waals surface area (Å²) in [7, 11) is 0. The van der Waals surface area contributed by atoms with E-state index in [9.17, 15) is 4.79 Å². The molecule has 1 atom stereocenters. The standard InChI is InChI=1S/C22H25N5O2/c1-15-12-21(25-17(3)24-15)29-19-10-7-11-26(14-19)22(28)20-13-23-27(16(20)2)18-8-5-4-6-9-18/h4-6,8-9,12-13,19H,7,10-11,14H2,1-3H3. The monoisotopic (exact) mass is 391 g/mol. The van der Waals surface area contributed by atoms with Crippen LogP contribution in [0.4, 0.5) is 0 Å². The second kappa shape index (κ2) is 8.03. The highest BCUT2D eigenvalue weighted by molar-refractivity contribution is 5.95. The van der Waals surface area contributed by atoms with Crippen molar-refractivity contribution in [2.45, 2.75) is 39.7 Å². The van der Waals surface area contributed by atoms with Crippen LogP contribution >= 0.6 is 0 Å². The quantitative estimate of drug-likeness (QED) is 0.682. The molecule has 150 valence electrons. The third-order valence-corrected chi connectivity index (χ3v) is 5.14. The van der Waals surface area contributed by atoms with Crippen molar-refractivity contribution in [3.63, 3.8) is 0 Å². The molecule has 0 bridgehead atoms. The normalized spacial score (nSPS) is 16.7. The lowest BCUT2D eigenvalue weighted by molar-refractivity contribution is 0.0526. The van der Waals surface area contributed by atoms with Crippen LogP contribution in [0, 0.1) is 20.8 Å². The van der Waals surface area contributed by atoms with Gasteiger partial charge in [-0.1, -0.05) is 18.2 Å². The Morgan fingerprint density at radius 3 is 2.69 bits per heavy atom. The highest BCUT2D eigenvalue weighted by Gasteiger charge is 2.28. The summed E-state index contributed by atoms with van der Waals surface area (Å²) in [4.78, 5) is 23.7. The van der Waals surface area contributed by atoms with Gasteiger partial charge in [-0.25, -0.2) is 9.67 Å². The number of ether oxygens (including phenoxy) is 1. The zero-order chi connectivity index (χ0) is 20.4. The topological polar surface area (TPSA) is 73.1 Å². The van der Waals surface area contributed by atoms with E-state index in [0.29, 0.717) is 23.8 Å². The molecule has 7 heteroatoms. The smallest absolute Gasteiger partial charge is 0.257 e. The van der Waals surface area contributed by atoms with Gasteiger partial charge in [-0.05, 0) is 45.7 Å². The summed E-state index contributed by atoms with van der Waals surface area (Å²) in [5, 5.41) is 4.43. The molecule has 0 aliphatic carbocycles. The fraction of sp³-hybridized carbons (Fsp3) is 0.364. The Bertz CT molecular complexity index is 995. The number of likely N-dealkylation sites (tertiary alicyclic amines) is 1. The Balaban J connectivity index is 1.48. The predicted molar refractivity (Wildman–Crippen MR) is 109 cm³/mol. The van der Waals surface area contributed by atoms with Crippen molar-refractivity contribution in [1.29, 1.82) is 0 Å². The molecule has 3 heterocycles. The maximum atomic E-state index is 13.2. The number of piperidine rings is 1. The molecule has 1 saturated heterocycles. The van der Waals surface area contributed by atoms with Gasteiger partial charge in [0, 0.05) is 18.3 Å². The molecular formula is C22H25N5O2. The second-order valence-corrected chi connectivity index (χ2v) is 7.42. The van der Waals surface area contributed by atoms with Gasteiger partial charge in [-0.2, -0.15) is 10.1 Å². The Labute approximate surface area is 170 Å². The molecule has 1 aliphatic heterocycles. The minimum absolute atomic E-state index is 0.00645. The van der Waals surface area contributed by atoms with Gasteiger partial charge < -0.3 is 9.64 Å². The van der Waals surface area contributed by atoms with Gasteiger partial charge in [0.1, 0.15) is 11.9 Å². The summed E-state index contributed by atoms with van der Waals surface area (Å²) in [6.45, 7) is 6.96. The van der Waals surface area contributed by atoms with E-state index in [4.69, 9.17) is 4.74 Å². The fourth-order valence-corrected chi connectivity index (χ4v) is 3.75. The number of hydrogen-bond acceptors (Lipinski definition) is 5. The Kier molecular flexibility index (Phi) is 5.29. The molecule has 1 fully saturated rings. The zero-order valence-electron chi connectivity index (χ0n) is 17.0. The average molecular weight is 391 g/mol. The molecule has 7 nitrogen and oxygen atoms in total. The first-order chi connectivity index (χ1) is 14.0. The summed E-state index contributed by atoms with van der Waals surface area (Å²) < 4.78 is 7.88. The number of aryl methyl sites for hydroxylation is 2. The molecule has 1 aliphatic rings. The largest absolute Gasteiger partial charge is 0.472 e. The number of nitrogens with zero attached hydrogens (tertiary/aromatic N) is 5. The van der Waals surface area contributed by atoms with E-state index in [-0.39, 0.29) is 12.0 Å². The van der Waals surface area contributed by atoms with Crippen LogP contribution in [0.3, 0.4) is 0 Å². The molecule has 0 radical (unpaired) electrons. The van der Waals surface area contributed by atoms with Gasteiger partial charge in [-0.15, -0.1) is 0 Å². The molecule has 4 rings (SSSR count). The molecule has 1 amide bonds.